The first-order valence-corrected chi connectivity index (χ1v) is 7.55. The van der Waals surface area contributed by atoms with Crippen LogP contribution in [0.3, 0.4) is 0 Å². The molecule has 0 bridgehead atoms. The minimum absolute atomic E-state index is 0.316. The van der Waals surface area contributed by atoms with Crippen LogP contribution in [-0.4, -0.2) is 38.6 Å². The molecule has 0 unspecified atom stereocenters. The number of carbonyl (C=O) groups is 2. The minimum Gasteiger partial charge on any atom is -0.463 e. The Labute approximate surface area is 136 Å². The van der Waals surface area contributed by atoms with Gasteiger partial charge in [-0.05, 0) is 43.1 Å². The summed E-state index contributed by atoms with van der Waals surface area (Å²) in [5.74, 6) is 0. The number of ether oxygens (including phenoxy) is 1. The van der Waals surface area contributed by atoms with Crippen molar-refractivity contribution in [2.45, 2.75) is 39.3 Å². The smallest absolute Gasteiger partial charge is 0.434 e. The van der Waals surface area contributed by atoms with E-state index >= 15 is 0 Å². The second kappa shape index (κ2) is 7.48. The minimum atomic E-state index is -1.26. The monoisotopic (exact) mass is 376 g/mol. The summed E-state index contributed by atoms with van der Waals surface area (Å²) in [6, 6.07) is 0. The van der Waals surface area contributed by atoms with Crippen LogP contribution in [0.1, 0.15) is 27.2 Å². The van der Waals surface area contributed by atoms with Crippen LogP contribution in [0.4, 0.5) is 9.59 Å². The molecule has 0 saturated carbocycles. The van der Waals surface area contributed by atoms with Crippen LogP contribution >= 0.6 is 15.9 Å². The largest absolute Gasteiger partial charge is 0.463 e. The summed E-state index contributed by atoms with van der Waals surface area (Å²) in [5.41, 5.74) is -0.215. The molecule has 8 nitrogen and oxygen atoms in total. The predicted molar refractivity (Wildman–Crippen MR) is 83.5 cm³/mol. The third-order valence-electron chi connectivity index (χ3n) is 2.58. The Bertz CT molecular complexity index is 613. The summed E-state index contributed by atoms with van der Waals surface area (Å²) in [6.07, 6.45) is 0.633. The third-order valence-corrected chi connectivity index (χ3v) is 3.32. The first-order valence-electron chi connectivity index (χ1n) is 6.76. The van der Waals surface area contributed by atoms with Gasteiger partial charge in [0.15, 0.2) is 0 Å². The Morgan fingerprint density at radius 1 is 1.45 bits per heavy atom. The topological polar surface area (TPSA) is 97.9 Å². The SMILES string of the molecule is Cn1c(Br)cn(CCCNC(=O)OC(C)(C)C)/c1=N/C(=O)O. The number of aromatic nitrogens is 2. The fraction of sp³-hybridized carbons (Fsp3) is 0.615. The van der Waals surface area contributed by atoms with E-state index in [1.54, 1.807) is 43.1 Å². The highest BCUT2D eigenvalue weighted by molar-refractivity contribution is 9.10. The molecule has 0 radical (unpaired) electrons. The van der Waals surface area contributed by atoms with Crippen molar-refractivity contribution in [2.75, 3.05) is 6.54 Å². The van der Waals surface area contributed by atoms with E-state index in [1.165, 1.54) is 0 Å². The van der Waals surface area contributed by atoms with Crippen molar-refractivity contribution in [3.63, 3.8) is 0 Å². The summed E-state index contributed by atoms with van der Waals surface area (Å²) < 4.78 is 9.16. The molecule has 0 spiro atoms. The highest BCUT2D eigenvalue weighted by atomic mass is 79.9. The maximum absolute atomic E-state index is 11.5. The molecule has 2 N–H and O–H groups in total. The number of aryl methyl sites for hydroxylation is 1. The summed E-state index contributed by atoms with van der Waals surface area (Å²) >= 11 is 3.32. The van der Waals surface area contributed by atoms with Crippen LogP contribution in [0.15, 0.2) is 15.8 Å². The van der Waals surface area contributed by atoms with Crippen LogP contribution < -0.4 is 10.9 Å². The van der Waals surface area contributed by atoms with Gasteiger partial charge in [0.25, 0.3) is 0 Å². The number of nitrogens with one attached hydrogen (secondary N) is 1. The number of hydrogen-bond acceptors (Lipinski definition) is 3. The number of halogens is 1. The second-order valence-electron chi connectivity index (χ2n) is 5.68. The zero-order valence-corrected chi connectivity index (χ0v) is 14.7. The van der Waals surface area contributed by atoms with Gasteiger partial charge in [-0.2, -0.15) is 0 Å². The highest BCUT2D eigenvalue weighted by Gasteiger charge is 2.15. The summed E-state index contributed by atoms with van der Waals surface area (Å²) in [7, 11) is 1.71. The van der Waals surface area contributed by atoms with Gasteiger partial charge in [0.2, 0.25) is 5.62 Å². The van der Waals surface area contributed by atoms with Crippen molar-refractivity contribution in [1.29, 1.82) is 0 Å². The van der Waals surface area contributed by atoms with Gasteiger partial charge in [-0.3, -0.25) is 0 Å². The molecule has 0 aromatic carbocycles. The fourth-order valence-corrected chi connectivity index (χ4v) is 2.11. The van der Waals surface area contributed by atoms with Gasteiger partial charge >= 0.3 is 12.2 Å². The number of imidazole rings is 1. The van der Waals surface area contributed by atoms with Crippen molar-refractivity contribution in [3.05, 3.63) is 16.4 Å². The van der Waals surface area contributed by atoms with Crippen LogP contribution in [0.25, 0.3) is 0 Å². The normalized spacial score (nSPS) is 12.3. The quantitative estimate of drug-likeness (QED) is 0.785. The molecule has 0 saturated heterocycles. The molecular formula is C13H21BrN4O4. The molecule has 1 rings (SSSR count). The molecule has 1 heterocycles. The van der Waals surface area contributed by atoms with Gasteiger partial charge in [-0.1, -0.05) is 0 Å². The zero-order chi connectivity index (χ0) is 16.9. The molecule has 0 atom stereocenters. The lowest BCUT2D eigenvalue weighted by atomic mass is 10.2. The van der Waals surface area contributed by atoms with E-state index in [1.807, 2.05) is 0 Å². The van der Waals surface area contributed by atoms with Crippen molar-refractivity contribution >= 4 is 28.1 Å². The van der Waals surface area contributed by atoms with Gasteiger partial charge in [0.05, 0.1) is 0 Å². The molecule has 0 fully saturated rings. The Hall–Kier alpha value is -1.77. The average molecular weight is 377 g/mol. The maximum Gasteiger partial charge on any atom is 0.434 e. The number of hydrogen-bond donors (Lipinski definition) is 2. The first-order chi connectivity index (χ1) is 10.1. The summed E-state index contributed by atoms with van der Waals surface area (Å²) in [4.78, 5) is 25.8. The van der Waals surface area contributed by atoms with Crippen LogP contribution in [0.2, 0.25) is 0 Å². The van der Waals surface area contributed by atoms with E-state index in [-0.39, 0.29) is 0 Å². The Morgan fingerprint density at radius 2 is 2.09 bits per heavy atom. The second-order valence-corrected chi connectivity index (χ2v) is 6.49. The Morgan fingerprint density at radius 3 is 2.64 bits per heavy atom. The molecule has 1 aromatic heterocycles. The Kier molecular flexibility index (Phi) is 6.21. The molecule has 124 valence electrons. The summed E-state index contributed by atoms with van der Waals surface area (Å²) in [6.45, 7) is 6.32. The number of carboxylic acid groups (broad SMARTS) is 1. The van der Waals surface area contributed by atoms with Gasteiger partial charge in [-0.15, -0.1) is 4.99 Å². The van der Waals surface area contributed by atoms with E-state index in [0.29, 0.717) is 29.7 Å². The fourth-order valence-electron chi connectivity index (χ4n) is 1.70. The average Bonchev–Trinajstić information content (AvgIpc) is 2.60. The van der Waals surface area contributed by atoms with Crippen molar-refractivity contribution < 1.29 is 19.4 Å². The Balaban J connectivity index is 2.58. The lowest BCUT2D eigenvalue weighted by Crippen LogP contribution is -2.33. The standard InChI is InChI=1S/C13H21BrN4O4/c1-13(2,3)22-12(21)15-6-5-7-18-8-9(14)17(4)10(18)16-11(19)20/h8H,5-7H2,1-4H3,(H,15,21)(H,19,20)/b16-10+. The van der Waals surface area contributed by atoms with Crippen molar-refractivity contribution in [3.8, 4) is 0 Å². The van der Waals surface area contributed by atoms with Crippen LogP contribution in [-0.2, 0) is 18.3 Å². The molecule has 1 aromatic rings. The van der Waals surface area contributed by atoms with Gasteiger partial charge < -0.3 is 24.3 Å². The number of amides is 2. The molecule has 0 aliphatic carbocycles. The van der Waals surface area contributed by atoms with E-state index in [9.17, 15) is 9.59 Å². The lowest BCUT2D eigenvalue weighted by Gasteiger charge is -2.19. The maximum atomic E-state index is 11.5. The molecular weight excluding hydrogens is 356 g/mol. The third kappa shape index (κ3) is 5.92. The van der Waals surface area contributed by atoms with Crippen LogP contribution in [0.5, 0.6) is 0 Å². The zero-order valence-electron chi connectivity index (χ0n) is 13.1. The molecule has 0 aliphatic heterocycles. The lowest BCUT2D eigenvalue weighted by molar-refractivity contribution is 0.0526. The molecule has 9 heteroatoms. The number of rotatable bonds is 4. The van der Waals surface area contributed by atoms with E-state index < -0.39 is 17.8 Å². The van der Waals surface area contributed by atoms with Crippen molar-refractivity contribution in [2.24, 2.45) is 12.0 Å². The number of nitrogens with zero attached hydrogens (tertiary/aromatic N) is 3. The number of carbonyl (C=O) groups excluding carboxylic acids is 1. The van der Waals surface area contributed by atoms with E-state index in [0.717, 1.165) is 0 Å². The highest BCUT2D eigenvalue weighted by Crippen LogP contribution is 2.07. The van der Waals surface area contributed by atoms with Gasteiger partial charge in [-0.25, -0.2) is 9.59 Å². The number of alkyl carbamates (subject to hydrolysis) is 1. The van der Waals surface area contributed by atoms with Gasteiger partial charge in [0, 0.05) is 26.3 Å². The summed E-state index contributed by atoms with van der Waals surface area (Å²) in [5, 5.41) is 11.4. The van der Waals surface area contributed by atoms with Crippen molar-refractivity contribution in [1.82, 2.24) is 14.5 Å². The molecule has 0 aliphatic rings. The molecule has 2 amide bonds. The predicted octanol–water partition coefficient (Wildman–Crippen LogP) is 2.08. The van der Waals surface area contributed by atoms with E-state index in [4.69, 9.17) is 9.84 Å². The van der Waals surface area contributed by atoms with Crippen LogP contribution in [0, 0.1) is 0 Å². The molecule has 22 heavy (non-hydrogen) atoms. The van der Waals surface area contributed by atoms with E-state index in [2.05, 4.69) is 26.2 Å². The first kappa shape index (κ1) is 18.3. The van der Waals surface area contributed by atoms with Gasteiger partial charge in [0.1, 0.15) is 10.2 Å².